The topological polar surface area (TPSA) is 51.8 Å². The van der Waals surface area contributed by atoms with E-state index >= 15 is 0 Å². The minimum absolute atomic E-state index is 0.266. The third kappa shape index (κ3) is 2.40. The molecule has 3 nitrogen and oxygen atoms in total. The van der Waals surface area contributed by atoms with Crippen LogP contribution in [0.15, 0.2) is 42.6 Å². The first-order valence-electron chi connectivity index (χ1n) is 6.09. The van der Waals surface area contributed by atoms with Crippen molar-refractivity contribution in [2.45, 2.75) is 6.92 Å². The van der Waals surface area contributed by atoms with Gasteiger partial charge in [0.15, 0.2) is 5.13 Å². The highest BCUT2D eigenvalue weighted by Crippen LogP contribution is 2.37. The summed E-state index contributed by atoms with van der Waals surface area (Å²) in [7, 11) is 0. The van der Waals surface area contributed by atoms with Crippen LogP contribution in [-0.2, 0) is 0 Å². The number of nitrogen functional groups attached to an aromatic ring is 1. The van der Waals surface area contributed by atoms with E-state index in [-0.39, 0.29) is 5.82 Å². The second-order valence-corrected chi connectivity index (χ2v) is 5.45. The molecule has 0 aliphatic heterocycles. The van der Waals surface area contributed by atoms with Crippen molar-refractivity contribution in [3.8, 4) is 21.7 Å². The summed E-state index contributed by atoms with van der Waals surface area (Å²) in [6, 6.07) is 10.2. The number of anilines is 1. The van der Waals surface area contributed by atoms with E-state index < -0.39 is 0 Å². The fourth-order valence-corrected chi connectivity index (χ4v) is 2.87. The summed E-state index contributed by atoms with van der Waals surface area (Å²) >= 11 is 1.42. The third-order valence-electron chi connectivity index (χ3n) is 2.92. The molecule has 0 aliphatic rings. The smallest absolute Gasteiger partial charge is 0.181 e. The van der Waals surface area contributed by atoms with Crippen LogP contribution in [0.1, 0.15) is 5.69 Å². The highest BCUT2D eigenvalue weighted by atomic mass is 32.1. The monoisotopic (exact) mass is 285 g/mol. The number of thiazole rings is 1. The van der Waals surface area contributed by atoms with Crippen molar-refractivity contribution < 1.29 is 4.39 Å². The number of halogens is 1. The van der Waals surface area contributed by atoms with Crippen molar-refractivity contribution in [3.63, 3.8) is 0 Å². The Morgan fingerprint density at radius 3 is 2.55 bits per heavy atom. The molecule has 0 amide bonds. The normalized spacial score (nSPS) is 10.7. The van der Waals surface area contributed by atoms with Gasteiger partial charge in [0.2, 0.25) is 0 Å². The van der Waals surface area contributed by atoms with Crippen molar-refractivity contribution in [2.75, 3.05) is 5.73 Å². The molecule has 0 atom stereocenters. The van der Waals surface area contributed by atoms with Gasteiger partial charge in [-0.2, -0.15) is 0 Å². The number of benzene rings is 1. The number of aryl methyl sites for hydroxylation is 1. The number of rotatable bonds is 2. The lowest BCUT2D eigenvalue weighted by atomic mass is 10.1. The van der Waals surface area contributed by atoms with Crippen LogP contribution in [0.2, 0.25) is 0 Å². The van der Waals surface area contributed by atoms with Gasteiger partial charge in [0.05, 0.1) is 10.6 Å². The van der Waals surface area contributed by atoms with E-state index in [0.717, 1.165) is 27.4 Å². The molecule has 2 N–H and O–H groups in total. The zero-order valence-electron chi connectivity index (χ0n) is 10.8. The van der Waals surface area contributed by atoms with Gasteiger partial charge in [-0.3, -0.25) is 4.98 Å². The quantitative estimate of drug-likeness (QED) is 0.777. The van der Waals surface area contributed by atoms with Crippen LogP contribution in [-0.4, -0.2) is 9.97 Å². The highest BCUT2D eigenvalue weighted by molar-refractivity contribution is 7.19. The molecule has 100 valence electrons. The second kappa shape index (κ2) is 5.02. The fourth-order valence-electron chi connectivity index (χ4n) is 2.02. The van der Waals surface area contributed by atoms with Crippen molar-refractivity contribution >= 4 is 16.5 Å². The third-order valence-corrected chi connectivity index (χ3v) is 3.85. The van der Waals surface area contributed by atoms with Gasteiger partial charge < -0.3 is 5.73 Å². The average molecular weight is 285 g/mol. The van der Waals surface area contributed by atoms with E-state index in [0.29, 0.717) is 5.13 Å². The molecule has 0 saturated heterocycles. The van der Waals surface area contributed by atoms with Gasteiger partial charge in [0.25, 0.3) is 0 Å². The fraction of sp³-hybridized carbons (Fsp3) is 0.0667. The number of nitrogens with two attached hydrogens (primary N) is 1. The summed E-state index contributed by atoms with van der Waals surface area (Å²) in [6.07, 6.45) is 1.76. The van der Waals surface area contributed by atoms with Crippen LogP contribution in [0.5, 0.6) is 0 Å². The average Bonchev–Trinajstić information content (AvgIpc) is 2.82. The predicted molar refractivity (Wildman–Crippen MR) is 79.9 cm³/mol. The molecule has 0 fully saturated rings. The van der Waals surface area contributed by atoms with Gasteiger partial charge in [-0.1, -0.05) is 11.3 Å². The number of pyridine rings is 1. The SMILES string of the molecule is Cc1cc(-c2sc(N)nc2-c2ccc(F)cc2)ccn1. The molecular weight excluding hydrogens is 273 g/mol. The van der Waals surface area contributed by atoms with E-state index in [1.807, 2.05) is 19.1 Å². The zero-order valence-corrected chi connectivity index (χ0v) is 11.6. The minimum atomic E-state index is -0.266. The standard InChI is InChI=1S/C15H12FN3S/c1-9-8-11(6-7-18-9)14-13(19-15(17)20-14)10-2-4-12(16)5-3-10/h2-8H,1H3,(H2,17,19). The van der Waals surface area contributed by atoms with Crippen LogP contribution < -0.4 is 5.73 Å². The number of aromatic nitrogens is 2. The summed E-state index contributed by atoms with van der Waals surface area (Å²) in [4.78, 5) is 9.53. The molecule has 0 bridgehead atoms. The Labute approximate surface area is 119 Å². The van der Waals surface area contributed by atoms with E-state index in [1.165, 1.54) is 23.5 Å². The van der Waals surface area contributed by atoms with Gasteiger partial charge in [0.1, 0.15) is 5.82 Å². The van der Waals surface area contributed by atoms with Gasteiger partial charge in [0, 0.05) is 17.5 Å². The maximum absolute atomic E-state index is 13.0. The molecule has 20 heavy (non-hydrogen) atoms. The van der Waals surface area contributed by atoms with Gasteiger partial charge in [-0.15, -0.1) is 0 Å². The lowest BCUT2D eigenvalue weighted by molar-refractivity contribution is 0.628. The molecule has 3 aromatic rings. The summed E-state index contributed by atoms with van der Waals surface area (Å²) in [5.41, 5.74) is 9.42. The Balaban J connectivity index is 2.15. The number of hydrogen-bond acceptors (Lipinski definition) is 4. The second-order valence-electron chi connectivity index (χ2n) is 4.42. The summed E-state index contributed by atoms with van der Waals surface area (Å²) in [5.74, 6) is -0.266. The van der Waals surface area contributed by atoms with Crippen molar-refractivity contribution in [2.24, 2.45) is 0 Å². The molecule has 2 aromatic heterocycles. The molecule has 0 saturated carbocycles. The molecule has 0 unspecified atom stereocenters. The van der Waals surface area contributed by atoms with Crippen LogP contribution in [0.25, 0.3) is 21.7 Å². The first-order valence-corrected chi connectivity index (χ1v) is 6.90. The molecular formula is C15H12FN3S. The highest BCUT2D eigenvalue weighted by Gasteiger charge is 2.14. The van der Waals surface area contributed by atoms with Crippen LogP contribution >= 0.6 is 11.3 Å². The van der Waals surface area contributed by atoms with E-state index in [4.69, 9.17) is 5.73 Å². The first-order chi connectivity index (χ1) is 9.63. The number of hydrogen-bond donors (Lipinski definition) is 1. The Morgan fingerprint density at radius 2 is 1.85 bits per heavy atom. The maximum Gasteiger partial charge on any atom is 0.181 e. The van der Waals surface area contributed by atoms with E-state index in [1.54, 1.807) is 18.3 Å². The Bertz CT molecular complexity index is 750. The molecule has 5 heteroatoms. The Hall–Kier alpha value is -2.27. The van der Waals surface area contributed by atoms with E-state index in [9.17, 15) is 4.39 Å². The van der Waals surface area contributed by atoms with Gasteiger partial charge in [-0.25, -0.2) is 9.37 Å². The Kier molecular flexibility index (Phi) is 3.20. The molecule has 2 heterocycles. The van der Waals surface area contributed by atoms with Crippen molar-refractivity contribution in [1.82, 2.24) is 9.97 Å². The first kappa shape index (κ1) is 12.7. The lowest BCUT2D eigenvalue weighted by Gasteiger charge is -2.03. The predicted octanol–water partition coefficient (Wildman–Crippen LogP) is 3.90. The lowest BCUT2D eigenvalue weighted by Crippen LogP contribution is -1.86. The summed E-state index contributed by atoms with van der Waals surface area (Å²) < 4.78 is 13.0. The Morgan fingerprint density at radius 1 is 1.10 bits per heavy atom. The van der Waals surface area contributed by atoms with Crippen LogP contribution in [0, 0.1) is 12.7 Å². The maximum atomic E-state index is 13.0. The van der Waals surface area contributed by atoms with Gasteiger partial charge in [-0.05, 0) is 48.9 Å². The summed E-state index contributed by atoms with van der Waals surface area (Å²) in [6.45, 7) is 1.94. The molecule has 0 spiro atoms. The molecule has 1 aromatic carbocycles. The van der Waals surface area contributed by atoms with Crippen molar-refractivity contribution in [1.29, 1.82) is 0 Å². The largest absolute Gasteiger partial charge is 0.375 e. The van der Waals surface area contributed by atoms with Crippen molar-refractivity contribution in [3.05, 3.63) is 54.1 Å². The molecule has 0 radical (unpaired) electrons. The summed E-state index contributed by atoms with van der Waals surface area (Å²) in [5, 5.41) is 0.494. The van der Waals surface area contributed by atoms with Crippen LogP contribution in [0.3, 0.4) is 0 Å². The minimum Gasteiger partial charge on any atom is -0.375 e. The van der Waals surface area contributed by atoms with Crippen LogP contribution in [0.4, 0.5) is 9.52 Å². The zero-order chi connectivity index (χ0) is 14.1. The van der Waals surface area contributed by atoms with E-state index in [2.05, 4.69) is 9.97 Å². The molecule has 3 rings (SSSR count). The molecule has 0 aliphatic carbocycles. The number of nitrogens with zero attached hydrogens (tertiary/aromatic N) is 2. The van der Waals surface area contributed by atoms with Gasteiger partial charge >= 0.3 is 0 Å².